The van der Waals surface area contributed by atoms with Crippen molar-refractivity contribution >= 4 is 29.9 Å². The van der Waals surface area contributed by atoms with E-state index in [4.69, 9.17) is 14.5 Å². The first-order chi connectivity index (χ1) is 11.8. The third kappa shape index (κ3) is 12.6. The largest absolute Gasteiger partial charge is 0.381 e. The topological polar surface area (TPSA) is 46.1 Å². The summed E-state index contributed by atoms with van der Waals surface area (Å²) >= 11 is 0. The van der Waals surface area contributed by atoms with Gasteiger partial charge in [-0.3, -0.25) is 4.99 Å². The van der Waals surface area contributed by atoms with Crippen molar-refractivity contribution in [1.29, 1.82) is 0 Å². The van der Waals surface area contributed by atoms with Crippen molar-refractivity contribution in [2.45, 2.75) is 45.4 Å². The SMILES string of the molecule is C=CCCCCCN(C)C(=NCCCOCC1CCOC1)NCC.I. The molecule has 1 unspecified atom stereocenters. The number of nitrogens with one attached hydrogen (secondary N) is 1. The van der Waals surface area contributed by atoms with Crippen molar-refractivity contribution in [3.8, 4) is 0 Å². The number of halogens is 1. The molecule has 0 bridgehead atoms. The summed E-state index contributed by atoms with van der Waals surface area (Å²) in [4.78, 5) is 6.94. The van der Waals surface area contributed by atoms with Gasteiger partial charge in [0.2, 0.25) is 0 Å². The Morgan fingerprint density at radius 3 is 2.88 bits per heavy atom. The van der Waals surface area contributed by atoms with E-state index in [1.807, 2.05) is 6.08 Å². The fourth-order valence-corrected chi connectivity index (χ4v) is 2.71. The highest BCUT2D eigenvalue weighted by atomic mass is 127. The summed E-state index contributed by atoms with van der Waals surface area (Å²) < 4.78 is 11.1. The first-order valence-electron chi connectivity index (χ1n) is 9.53. The monoisotopic (exact) mass is 467 g/mol. The Labute approximate surface area is 171 Å². The zero-order valence-electron chi connectivity index (χ0n) is 16.2. The highest BCUT2D eigenvalue weighted by Crippen LogP contribution is 2.12. The standard InChI is InChI=1S/C19H37N3O2.HI/c1-4-6-7-8-9-13-22(3)19(20-5-2)21-12-10-14-23-16-18-11-15-24-17-18;/h4,18H,1,5-17H2,2-3H3,(H,20,21);1H. The third-order valence-electron chi connectivity index (χ3n) is 4.18. The van der Waals surface area contributed by atoms with Crippen LogP contribution in [0, 0.1) is 5.92 Å². The van der Waals surface area contributed by atoms with Crippen LogP contribution < -0.4 is 5.32 Å². The second-order valence-electron chi connectivity index (χ2n) is 6.45. The van der Waals surface area contributed by atoms with Gasteiger partial charge in [0.15, 0.2) is 5.96 Å². The number of aliphatic imine (C=N–C) groups is 1. The summed E-state index contributed by atoms with van der Waals surface area (Å²) in [5, 5.41) is 3.37. The predicted octanol–water partition coefficient (Wildman–Crippen LogP) is 3.69. The van der Waals surface area contributed by atoms with E-state index in [9.17, 15) is 0 Å². The number of unbranched alkanes of at least 4 members (excludes halogenated alkanes) is 3. The first-order valence-corrected chi connectivity index (χ1v) is 9.53. The van der Waals surface area contributed by atoms with Gasteiger partial charge < -0.3 is 19.7 Å². The smallest absolute Gasteiger partial charge is 0.193 e. The number of ether oxygens (including phenoxy) is 2. The summed E-state index contributed by atoms with van der Waals surface area (Å²) in [6.07, 6.45) is 8.89. The van der Waals surface area contributed by atoms with Crippen molar-refractivity contribution in [2.24, 2.45) is 10.9 Å². The first kappa shape index (κ1) is 24.7. The Morgan fingerprint density at radius 2 is 2.20 bits per heavy atom. The Bertz CT molecular complexity index is 348. The summed E-state index contributed by atoms with van der Waals surface area (Å²) in [5.41, 5.74) is 0. The van der Waals surface area contributed by atoms with Crippen molar-refractivity contribution in [3.05, 3.63) is 12.7 Å². The van der Waals surface area contributed by atoms with Gasteiger partial charge in [0.1, 0.15) is 0 Å². The van der Waals surface area contributed by atoms with Crippen LogP contribution >= 0.6 is 24.0 Å². The molecular formula is C19H38IN3O2. The molecule has 0 aliphatic carbocycles. The molecule has 1 heterocycles. The molecule has 6 heteroatoms. The van der Waals surface area contributed by atoms with Gasteiger partial charge in [-0.15, -0.1) is 30.6 Å². The van der Waals surface area contributed by atoms with Crippen molar-refractivity contribution in [2.75, 3.05) is 53.1 Å². The van der Waals surface area contributed by atoms with Crippen molar-refractivity contribution in [3.63, 3.8) is 0 Å². The highest BCUT2D eigenvalue weighted by molar-refractivity contribution is 14.0. The molecule has 1 aliphatic heterocycles. The number of rotatable bonds is 13. The van der Waals surface area contributed by atoms with Gasteiger partial charge >= 0.3 is 0 Å². The van der Waals surface area contributed by atoms with Crippen molar-refractivity contribution < 1.29 is 9.47 Å². The number of guanidine groups is 1. The average Bonchev–Trinajstić information content (AvgIpc) is 3.10. The van der Waals surface area contributed by atoms with Gasteiger partial charge in [-0.2, -0.15) is 0 Å². The van der Waals surface area contributed by atoms with Crippen LogP contribution in [0.2, 0.25) is 0 Å². The van der Waals surface area contributed by atoms with Crippen LogP contribution in [0.15, 0.2) is 17.6 Å². The van der Waals surface area contributed by atoms with E-state index in [1.165, 1.54) is 19.3 Å². The molecule has 0 aromatic rings. The highest BCUT2D eigenvalue weighted by Gasteiger charge is 2.15. The molecule has 0 spiro atoms. The second-order valence-corrected chi connectivity index (χ2v) is 6.45. The van der Waals surface area contributed by atoms with Crippen LogP contribution in [0.4, 0.5) is 0 Å². The summed E-state index contributed by atoms with van der Waals surface area (Å²) in [6.45, 7) is 12.0. The zero-order valence-corrected chi connectivity index (χ0v) is 18.5. The third-order valence-corrected chi connectivity index (χ3v) is 4.18. The maximum absolute atomic E-state index is 5.73. The van der Waals surface area contributed by atoms with Crippen LogP contribution in [-0.4, -0.2) is 64.0 Å². The summed E-state index contributed by atoms with van der Waals surface area (Å²) in [6, 6.07) is 0. The molecule has 0 radical (unpaired) electrons. The molecule has 5 nitrogen and oxygen atoms in total. The van der Waals surface area contributed by atoms with Crippen LogP contribution in [0.1, 0.15) is 45.4 Å². The molecule has 1 fully saturated rings. The second kappa shape index (κ2) is 17.1. The van der Waals surface area contributed by atoms with E-state index in [2.05, 4.69) is 30.8 Å². The van der Waals surface area contributed by atoms with Crippen LogP contribution in [0.5, 0.6) is 0 Å². The average molecular weight is 467 g/mol. The molecule has 1 aliphatic rings. The summed E-state index contributed by atoms with van der Waals surface area (Å²) in [5.74, 6) is 1.60. The number of hydrogen-bond donors (Lipinski definition) is 1. The fourth-order valence-electron chi connectivity index (χ4n) is 2.71. The van der Waals surface area contributed by atoms with E-state index in [-0.39, 0.29) is 24.0 Å². The van der Waals surface area contributed by atoms with Crippen LogP contribution in [0.25, 0.3) is 0 Å². The molecule has 0 amide bonds. The maximum Gasteiger partial charge on any atom is 0.193 e. The Balaban J connectivity index is 0.00000576. The Hall–Kier alpha value is -0.340. The van der Waals surface area contributed by atoms with Gasteiger partial charge in [0, 0.05) is 45.8 Å². The van der Waals surface area contributed by atoms with Crippen molar-refractivity contribution in [1.82, 2.24) is 10.2 Å². The predicted molar refractivity (Wildman–Crippen MR) is 117 cm³/mol. The van der Waals surface area contributed by atoms with Gasteiger partial charge in [-0.25, -0.2) is 0 Å². The van der Waals surface area contributed by atoms with Crippen LogP contribution in [-0.2, 0) is 9.47 Å². The lowest BCUT2D eigenvalue weighted by Gasteiger charge is -2.22. The van der Waals surface area contributed by atoms with E-state index in [1.54, 1.807) is 0 Å². The van der Waals surface area contributed by atoms with E-state index < -0.39 is 0 Å². The minimum atomic E-state index is 0. The quantitative estimate of drug-likeness (QED) is 0.148. The normalized spacial score (nSPS) is 17.2. The minimum Gasteiger partial charge on any atom is -0.381 e. The Kier molecular flexibility index (Phi) is 16.9. The lowest BCUT2D eigenvalue weighted by molar-refractivity contribution is 0.0893. The molecule has 25 heavy (non-hydrogen) atoms. The molecule has 0 aromatic heterocycles. The maximum atomic E-state index is 5.73. The molecule has 1 atom stereocenters. The Morgan fingerprint density at radius 1 is 1.36 bits per heavy atom. The minimum absolute atomic E-state index is 0. The molecule has 1 rings (SSSR count). The molecule has 0 saturated carbocycles. The van der Waals surface area contributed by atoms with E-state index in [0.717, 1.165) is 71.3 Å². The molecule has 148 valence electrons. The molecule has 1 saturated heterocycles. The van der Waals surface area contributed by atoms with Gasteiger partial charge in [0.05, 0.1) is 13.2 Å². The molecule has 0 aromatic carbocycles. The van der Waals surface area contributed by atoms with E-state index >= 15 is 0 Å². The van der Waals surface area contributed by atoms with Gasteiger partial charge in [-0.05, 0) is 39.0 Å². The molecule has 1 N–H and O–H groups in total. The number of hydrogen-bond acceptors (Lipinski definition) is 3. The lowest BCUT2D eigenvalue weighted by Crippen LogP contribution is -2.39. The van der Waals surface area contributed by atoms with Crippen LogP contribution in [0.3, 0.4) is 0 Å². The van der Waals surface area contributed by atoms with E-state index in [0.29, 0.717) is 5.92 Å². The lowest BCUT2D eigenvalue weighted by atomic mass is 10.1. The molecular weight excluding hydrogens is 429 g/mol. The number of nitrogens with zero attached hydrogens (tertiary/aromatic N) is 2. The fraction of sp³-hybridized carbons (Fsp3) is 0.842. The zero-order chi connectivity index (χ0) is 17.5. The summed E-state index contributed by atoms with van der Waals surface area (Å²) in [7, 11) is 2.12. The van der Waals surface area contributed by atoms with Gasteiger partial charge in [-0.1, -0.05) is 12.5 Å². The number of allylic oxidation sites excluding steroid dienone is 1. The van der Waals surface area contributed by atoms with Gasteiger partial charge in [0.25, 0.3) is 0 Å².